The van der Waals surface area contributed by atoms with Crippen LogP contribution in [0.1, 0.15) is 65.0 Å². The number of ether oxygens (including phenoxy) is 1. The lowest BCUT2D eigenvalue weighted by atomic mass is 9.74. The smallest absolute Gasteiger partial charge is 0.225 e. The van der Waals surface area contributed by atoms with Crippen LogP contribution in [-0.4, -0.2) is 17.6 Å². The van der Waals surface area contributed by atoms with E-state index in [-0.39, 0.29) is 36.4 Å². The number of amides is 1. The average Bonchev–Trinajstić information content (AvgIpc) is 2.46. The Kier molecular flexibility index (Phi) is 7.56. The molecule has 0 heterocycles. The minimum atomic E-state index is -0.392. The third-order valence-corrected chi connectivity index (χ3v) is 4.68. The topological polar surface area (TPSA) is 64.3 Å². The molecule has 1 amide bonds. The number of benzene rings is 1. The minimum Gasteiger partial charge on any atom is -0.491 e. The predicted molar refractivity (Wildman–Crippen MR) is 101 cm³/mol. The molecule has 1 saturated carbocycles. The zero-order valence-electron chi connectivity index (χ0n) is 15.2. The second kappa shape index (κ2) is 8.72. The first-order chi connectivity index (χ1) is 10.8. The van der Waals surface area contributed by atoms with Crippen molar-refractivity contribution in [2.45, 2.75) is 71.1 Å². The van der Waals surface area contributed by atoms with Gasteiger partial charge in [-0.1, -0.05) is 25.0 Å². The standard InChI is InChI=1S/C19H30N2O2.ClH/c1-13(2)23-16-10-8-15(9-11-16)14(3)21-18(22)17-7-5-6-12-19(17,4)20;/h8-11,13-14,17H,5-7,12,20H2,1-4H3,(H,21,22);1H. The molecule has 4 nitrogen and oxygen atoms in total. The lowest BCUT2D eigenvalue weighted by molar-refractivity contribution is -0.128. The number of nitrogens with one attached hydrogen (secondary N) is 1. The molecule has 24 heavy (non-hydrogen) atoms. The van der Waals surface area contributed by atoms with E-state index < -0.39 is 5.54 Å². The van der Waals surface area contributed by atoms with Gasteiger partial charge in [-0.25, -0.2) is 0 Å². The molecule has 0 saturated heterocycles. The summed E-state index contributed by atoms with van der Waals surface area (Å²) in [5.41, 5.74) is 7.01. The van der Waals surface area contributed by atoms with Crippen LogP contribution >= 0.6 is 12.4 Å². The molecule has 0 aromatic heterocycles. The Bertz CT molecular complexity index is 529. The third-order valence-electron chi connectivity index (χ3n) is 4.68. The number of hydrogen-bond acceptors (Lipinski definition) is 3. The van der Waals surface area contributed by atoms with E-state index in [1.807, 2.05) is 52.0 Å². The molecule has 3 atom stereocenters. The van der Waals surface area contributed by atoms with Gasteiger partial charge in [0.15, 0.2) is 0 Å². The molecule has 1 fully saturated rings. The molecule has 3 unspecified atom stereocenters. The fourth-order valence-electron chi connectivity index (χ4n) is 3.29. The number of halogens is 1. The van der Waals surface area contributed by atoms with E-state index in [0.717, 1.165) is 37.0 Å². The Morgan fingerprint density at radius 3 is 2.42 bits per heavy atom. The molecule has 0 aliphatic heterocycles. The van der Waals surface area contributed by atoms with E-state index in [1.165, 1.54) is 0 Å². The van der Waals surface area contributed by atoms with Crippen molar-refractivity contribution in [1.29, 1.82) is 0 Å². The van der Waals surface area contributed by atoms with E-state index in [9.17, 15) is 4.79 Å². The van der Waals surface area contributed by atoms with Gasteiger partial charge in [-0.05, 0) is 58.2 Å². The zero-order chi connectivity index (χ0) is 17.0. The first-order valence-corrected chi connectivity index (χ1v) is 8.65. The van der Waals surface area contributed by atoms with Gasteiger partial charge in [-0.2, -0.15) is 0 Å². The minimum absolute atomic E-state index is 0. The molecule has 1 aliphatic rings. The van der Waals surface area contributed by atoms with Crippen LogP contribution in [0.15, 0.2) is 24.3 Å². The number of nitrogens with two attached hydrogens (primary N) is 1. The van der Waals surface area contributed by atoms with Gasteiger partial charge in [0.1, 0.15) is 5.75 Å². The summed E-state index contributed by atoms with van der Waals surface area (Å²) >= 11 is 0. The highest BCUT2D eigenvalue weighted by atomic mass is 35.5. The van der Waals surface area contributed by atoms with Crippen molar-refractivity contribution >= 4 is 18.3 Å². The van der Waals surface area contributed by atoms with E-state index >= 15 is 0 Å². The molecule has 0 bridgehead atoms. The molecule has 1 aromatic carbocycles. The van der Waals surface area contributed by atoms with Crippen LogP contribution in [0.3, 0.4) is 0 Å². The van der Waals surface area contributed by atoms with Gasteiger partial charge in [-0.15, -0.1) is 12.4 Å². The average molecular weight is 355 g/mol. The van der Waals surface area contributed by atoms with E-state index in [4.69, 9.17) is 10.5 Å². The summed E-state index contributed by atoms with van der Waals surface area (Å²) < 4.78 is 5.65. The highest BCUT2D eigenvalue weighted by Gasteiger charge is 2.38. The second-order valence-electron chi connectivity index (χ2n) is 7.27. The number of carbonyl (C=O) groups is 1. The van der Waals surface area contributed by atoms with Crippen molar-refractivity contribution in [1.82, 2.24) is 5.32 Å². The molecule has 5 heteroatoms. The Morgan fingerprint density at radius 2 is 1.88 bits per heavy atom. The summed E-state index contributed by atoms with van der Waals surface area (Å²) in [6.45, 7) is 8.02. The first-order valence-electron chi connectivity index (χ1n) is 8.65. The lowest BCUT2D eigenvalue weighted by Gasteiger charge is -2.37. The van der Waals surface area contributed by atoms with Crippen LogP contribution in [0.2, 0.25) is 0 Å². The molecule has 1 aliphatic carbocycles. The van der Waals surface area contributed by atoms with E-state index in [0.29, 0.717) is 0 Å². The normalized spacial score (nSPS) is 24.8. The summed E-state index contributed by atoms with van der Waals surface area (Å²) in [6, 6.07) is 7.88. The number of hydrogen-bond donors (Lipinski definition) is 2. The third kappa shape index (κ3) is 5.38. The van der Waals surface area contributed by atoms with Crippen LogP contribution in [0.5, 0.6) is 5.75 Å². The number of rotatable bonds is 5. The summed E-state index contributed by atoms with van der Waals surface area (Å²) in [5.74, 6) is 0.830. The van der Waals surface area contributed by atoms with Crippen LogP contribution in [-0.2, 0) is 4.79 Å². The lowest BCUT2D eigenvalue weighted by Crippen LogP contribution is -2.53. The largest absolute Gasteiger partial charge is 0.491 e. The molecule has 1 aromatic rings. The molecule has 2 rings (SSSR count). The van der Waals surface area contributed by atoms with Crippen LogP contribution in [0.25, 0.3) is 0 Å². The molecule has 3 N–H and O–H groups in total. The molecule has 0 radical (unpaired) electrons. The first kappa shape index (κ1) is 20.8. The van der Waals surface area contributed by atoms with Gasteiger partial charge < -0.3 is 15.8 Å². The van der Waals surface area contributed by atoms with Crippen LogP contribution in [0, 0.1) is 5.92 Å². The summed E-state index contributed by atoms with van der Waals surface area (Å²) in [4.78, 5) is 12.6. The maximum atomic E-state index is 12.6. The summed E-state index contributed by atoms with van der Waals surface area (Å²) in [7, 11) is 0. The molecule has 0 spiro atoms. The Morgan fingerprint density at radius 1 is 1.25 bits per heavy atom. The van der Waals surface area contributed by atoms with Gasteiger partial charge in [0.2, 0.25) is 5.91 Å². The van der Waals surface area contributed by atoms with Gasteiger partial charge in [0.25, 0.3) is 0 Å². The summed E-state index contributed by atoms with van der Waals surface area (Å²) in [5, 5.41) is 3.12. The van der Waals surface area contributed by atoms with Gasteiger partial charge in [-0.3, -0.25) is 4.79 Å². The maximum absolute atomic E-state index is 12.6. The predicted octanol–water partition coefficient (Wildman–Crippen LogP) is 3.98. The van der Waals surface area contributed by atoms with Gasteiger partial charge >= 0.3 is 0 Å². The van der Waals surface area contributed by atoms with Crippen molar-refractivity contribution in [2.75, 3.05) is 0 Å². The fraction of sp³-hybridized carbons (Fsp3) is 0.632. The Labute approximate surface area is 151 Å². The highest BCUT2D eigenvalue weighted by molar-refractivity contribution is 5.85. The second-order valence-corrected chi connectivity index (χ2v) is 7.27. The zero-order valence-corrected chi connectivity index (χ0v) is 16.0. The SMILES string of the molecule is CC(C)Oc1ccc(C(C)NC(=O)C2CCCCC2(C)N)cc1.Cl. The van der Waals surface area contributed by atoms with Crippen LogP contribution in [0.4, 0.5) is 0 Å². The van der Waals surface area contributed by atoms with Crippen molar-refractivity contribution in [3.63, 3.8) is 0 Å². The maximum Gasteiger partial charge on any atom is 0.225 e. The quantitative estimate of drug-likeness (QED) is 0.840. The Balaban J connectivity index is 0.00000288. The van der Waals surface area contributed by atoms with Crippen molar-refractivity contribution < 1.29 is 9.53 Å². The van der Waals surface area contributed by atoms with Crippen molar-refractivity contribution in [3.05, 3.63) is 29.8 Å². The van der Waals surface area contributed by atoms with E-state index in [2.05, 4.69) is 5.32 Å². The van der Waals surface area contributed by atoms with Crippen molar-refractivity contribution in [2.24, 2.45) is 11.7 Å². The summed E-state index contributed by atoms with van der Waals surface area (Å²) in [6.07, 6.45) is 4.16. The highest BCUT2D eigenvalue weighted by Crippen LogP contribution is 2.32. The van der Waals surface area contributed by atoms with Crippen molar-refractivity contribution in [3.8, 4) is 5.75 Å². The monoisotopic (exact) mass is 354 g/mol. The van der Waals surface area contributed by atoms with Gasteiger partial charge in [0.05, 0.1) is 18.1 Å². The van der Waals surface area contributed by atoms with Crippen LogP contribution < -0.4 is 15.8 Å². The molecule has 136 valence electrons. The molecular weight excluding hydrogens is 324 g/mol. The van der Waals surface area contributed by atoms with Gasteiger partial charge in [0, 0.05) is 5.54 Å². The van der Waals surface area contributed by atoms with E-state index in [1.54, 1.807) is 0 Å². The molecular formula is C19H31ClN2O2. The fourth-order valence-corrected chi connectivity index (χ4v) is 3.29. The number of carbonyl (C=O) groups excluding carboxylic acids is 1. The Hall–Kier alpha value is -1.26.